The standard InChI is InChI=1S/C18H18BrN3O/c19-14-8-9-17-15(11-14)18(21-12-20-17)22-16(7-4-10-23)13-5-2-1-3-6-13/h1-3,5-6,8-9,11-12,16,23H,4,7,10H2,(H,20,21,22). The van der Waals surface area contributed by atoms with Crippen molar-refractivity contribution in [2.24, 2.45) is 0 Å². The number of rotatable bonds is 6. The maximum atomic E-state index is 9.18. The van der Waals surface area contributed by atoms with Gasteiger partial charge in [0.15, 0.2) is 0 Å². The van der Waals surface area contributed by atoms with Gasteiger partial charge < -0.3 is 10.4 Å². The molecule has 1 aromatic heterocycles. The van der Waals surface area contributed by atoms with Crippen LogP contribution in [0.5, 0.6) is 0 Å². The number of anilines is 1. The number of fused-ring (bicyclic) bond motifs is 1. The summed E-state index contributed by atoms with van der Waals surface area (Å²) in [4.78, 5) is 8.73. The number of aromatic nitrogens is 2. The van der Waals surface area contributed by atoms with E-state index in [1.165, 1.54) is 5.56 Å². The number of aliphatic hydroxyl groups excluding tert-OH is 1. The Morgan fingerprint density at radius 2 is 1.91 bits per heavy atom. The number of hydrogen-bond donors (Lipinski definition) is 2. The molecule has 2 N–H and O–H groups in total. The summed E-state index contributed by atoms with van der Waals surface area (Å²) in [7, 11) is 0. The molecule has 1 unspecified atom stereocenters. The second-order valence-corrected chi connectivity index (χ2v) is 6.27. The van der Waals surface area contributed by atoms with Crippen molar-refractivity contribution in [3.63, 3.8) is 0 Å². The lowest BCUT2D eigenvalue weighted by Gasteiger charge is -2.20. The average Bonchev–Trinajstić information content (AvgIpc) is 2.59. The summed E-state index contributed by atoms with van der Waals surface area (Å²) in [5.74, 6) is 0.808. The lowest BCUT2D eigenvalue weighted by Crippen LogP contribution is -2.13. The van der Waals surface area contributed by atoms with Crippen molar-refractivity contribution >= 4 is 32.7 Å². The quantitative estimate of drug-likeness (QED) is 0.677. The molecule has 3 rings (SSSR count). The lowest BCUT2D eigenvalue weighted by atomic mass is 10.0. The van der Waals surface area contributed by atoms with Crippen LogP contribution < -0.4 is 5.32 Å². The predicted octanol–water partition coefficient (Wildman–Crippen LogP) is 4.32. The molecule has 0 aliphatic carbocycles. The zero-order chi connectivity index (χ0) is 16.1. The third-order valence-electron chi connectivity index (χ3n) is 3.76. The van der Waals surface area contributed by atoms with Gasteiger partial charge in [-0.1, -0.05) is 46.3 Å². The van der Waals surface area contributed by atoms with Crippen LogP contribution in [0.15, 0.2) is 59.3 Å². The summed E-state index contributed by atoms with van der Waals surface area (Å²) in [6.07, 6.45) is 3.14. The fraction of sp³-hybridized carbons (Fsp3) is 0.222. The molecule has 1 heterocycles. The fourth-order valence-electron chi connectivity index (χ4n) is 2.61. The minimum Gasteiger partial charge on any atom is -0.396 e. The molecule has 0 bridgehead atoms. The van der Waals surface area contributed by atoms with Gasteiger partial charge in [-0.15, -0.1) is 0 Å². The zero-order valence-electron chi connectivity index (χ0n) is 12.6. The Morgan fingerprint density at radius 3 is 2.70 bits per heavy atom. The first-order chi connectivity index (χ1) is 11.3. The fourth-order valence-corrected chi connectivity index (χ4v) is 2.97. The van der Waals surface area contributed by atoms with Crippen LogP contribution in [0, 0.1) is 0 Å². The van der Waals surface area contributed by atoms with E-state index < -0.39 is 0 Å². The maximum Gasteiger partial charge on any atom is 0.137 e. The third kappa shape index (κ3) is 3.86. The molecule has 0 fully saturated rings. The highest BCUT2D eigenvalue weighted by Crippen LogP contribution is 2.28. The summed E-state index contributed by atoms with van der Waals surface area (Å²) >= 11 is 3.50. The molecule has 0 amide bonds. The van der Waals surface area contributed by atoms with Crippen LogP contribution in [0.2, 0.25) is 0 Å². The molecule has 0 aliphatic heterocycles. The minimum atomic E-state index is 0.0976. The SMILES string of the molecule is OCCCC(Nc1ncnc2ccc(Br)cc12)c1ccccc1. The van der Waals surface area contributed by atoms with E-state index in [0.717, 1.165) is 34.0 Å². The molecule has 4 nitrogen and oxygen atoms in total. The summed E-state index contributed by atoms with van der Waals surface area (Å²) < 4.78 is 0.995. The highest BCUT2D eigenvalue weighted by Gasteiger charge is 2.13. The van der Waals surface area contributed by atoms with E-state index in [2.05, 4.69) is 43.3 Å². The summed E-state index contributed by atoms with van der Waals surface area (Å²) in [5, 5.41) is 13.7. The van der Waals surface area contributed by atoms with Gasteiger partial charge in [-0.25, -0.2) is 9.97 Å². The first-order valence-corrected chi connectivity index (χ1v) is 8.40. The van der Waals surface area contributed by atoms with Crippen molar-refractivity contribution in [1.82, 2.24) is 9.97 Å². The van der Waals surface area contributed by atoms with Gasteiger partial charge in [0.1, 0.15) is 12.1 Å². The molecular formula is C18H18BrN3O. The maximum absolute atomic E-state index is 9.18. The topological polar surface area (TPSA) is 58.0 Å². The van der Waals surface area contributed by atoms with E-state index in [9.17, 15) is 5.11 Å². The molecule has 0 radical (unpaired) electrons. The molecule has 0 saturated heterocycles. The van der Waals surface area contributed by atoms with Gasteiger partial charge in [0.2, 0.25) is 0 Å². The van der Waals surface area contributed by atoms with Gasteiger partial charge in [0.05, 0.1) is 11.6 Å². The first-order valence-electron chi connectivity index (χ1n) is 7.60. The van der Waals surface area contributed by atoms with Crippen LogP contribution in [-0.2, 0) is 0 Å². The summed E-state index contributed by atoms with van der Waals surface area (Å²) in [6.45, 7) is 0.182. The van der Waals surface area contributed by atoms with E-state index in [1.54, 1.807) is 6.33 Å². The van der Waals surface area contributed by atoms with Gasteiger partial charge in [0, 0.05) is 16.5 Å². The van der Waals surface area contributed by atoms with Gasteiger partial charge in [-0.2, -0.15) is 0 Å². The molecular weight excluding hydrogens is 354 g/mol. The Labute approximate surface area is 143 Å². The number of nitrogens with zero attached hydrogens (tertiary/aromatic N) is 2. The van der Waals surface area contributed by atoms with E-state index in [-0.39, 0.29) is 12.6 Å². The van der Waals surface area contributed by atoms with Crippen LogP contribution in [0.25, 0.3) is 10.9 Å². The highest BCUT2D eigenvalue weighted by molar-refractivity contribution is 9.10. The smallest absolute Gasteiger partial charge is 0.137 e. The van der Waals surface area contributed by atoms with Crippen molar-refractivity contribution < 1.29 is 5.11 Å². The van der Waals surface area contributed by atoms with Gasteiger partial charge in [-0.05, 0) is 36.6 Å². The molecule has 118 valence electrons. The molecule has 0 spiro atoms. The summed E-state index contributed by atoms with van der Waals surface area (Å²) in [5.41, 5.74) is 2.09. The van der Waals surface area contributed by atoms with Crippen molar-refractivity contribution in [2.75, 3.05) is 11.9 Å². The molecule has 0 aliphatic rings. The second kappa shape index (κ2) is 7.53. The number of aliphatic hydroxyl groups is 1. The van der Waals surface area contributed by atoms with Crippen molar-refractivity contribution in [3.8, 4) is 0 Å². The molecule has 5 heteroatoms. The Balaban J connectivity index is 1.95. The van der Waals surface area contributed by atoms with Gasteiger partial charge in [0.25, 0.3) is 0 Å². The van der Waals surface area contributed by atoms with Crippen LogP contribution in [0.1, 0.15) is 24.4 Å². The van der Waals surface area contributed by atoms with E-state index in [4.69, 9.17) is 0 Å². The molecule has 23 heavy (non-hydrogen) atoms. The molecule has 2 aromatic carbocycles. The van der Waals surface area contributed by atoms with E-state index >= 15 is 0 Å². The molecule has 1 atom stereocenters. The summed E-state index contributed by atoms with van der Waals surface area (Å²) in [6, 6.07) is 16.3. The monoisotopic (exact) mass is 371 g/mol. The molecule has 0 saturated carbocycles. The first kappa shape index (κ1) is 15.9. The van der Waals surface area contributed by atoms with Crippen LogP contribution in [0.4, 0.5) is 5.82 Å². The number of hydrogen-bond acceptors (Lipinski definition) is 4. The van der Waals surface area contributed by atoms with Gasteiger partial charge >= 0.3 is 0 Å². The third-order valence-corrected chi connectivity index (χ3v) is 4.25. The second-order valence-electron chi connectivity index (χ2n) is 5.36. The average molecular weight is 372 g/mol. The lowest BCUT2D eigenvalue weighted by molar-refractivity contribution is 0.281. The van der Waals surface area contributed by atoms with Gasteiger partial charge in [-0.3, -0.25) is 0 Å². The van der Waals surface area contributed by atoms with E-state index in [1.807, 2.05) is 36.4 Å². The van der Waals surface area contributed by atoms with E-state index in [0.29, 0.717) is 0 Å². The number of nitrogens with one attached hydrogen (secondary N) is 1. The predicted molar refractivity (Wildman–Crippen MR) is 96.4 cm³/mol. The Hall–Kier alpha value is -1.98. The van der Waals surface area contributed by atoms with Crippen LogP contribution >= 0.6 is 15.9 Å². The Kier molecular flexibility index (Phi) is 5.20. The Morgan fingerprint density at radius 1 is 1.09 bits per heavy atom. The number of benzene rings is 2. The Bertz CT molecular complexity index is 780. The normalized spacial score (nSPS) is 12.3. The highest BCUT2D eigenvalue weighted by atomic mass is 79.9. The largest absolute Gasteiger partial charge is 0.396 e. The number of halogens is 1. The minimum absolute atomic E-state index is 0.0976. The molecule has 3 aromatic rings. The van der Waals surface area contributed by atoms with Crippen LogP contribution in [0.3, 0.4) is 0 Å². The van der Waals surface area contributed by atoms with Crippen molar-refractivity contribution in [3.05, 3.63) is 64.9 Å². The van der Waals surface area contributed by atoms with Crippen molar-refractivity contribution in [2.45, 2.75) is 18.9 Å². The zero-order valence-corrected chi connectivity index (χ0v) is 14.2. The van der Waals surface area contributed by atoms with Crippen molar-refractivity contribution in [1.29, 1.82) is 0 Å². The van der Waals surface area contributed by atoms with Crippen LogP contribution in [-0.4, -0.2) is 21.7 Å².